The summed E-state index contributed by atoms with van der Waals surface area (Å²) in [6.45, 7) is 1.44. The molecule has 28 heavy (non-hydrogen) atoms. The molecule has 0 fully saturated rings. The van der Waals surface area contributed by atoms with Crippen molar-refractivity contribution in [3.8, 4) is 5.75 Å². The number of carbonyl (C=O) groups is 1. The van der Waals surface area contributed by atoms with Crippen molar-refractivity contribution in [2.75, 3.05) is 25.0 Å². The monoisotopic (exact) mass is 417 g/mol. The molecule has 6 nitrogen and oxygen atoms in total. The Balaban J connectivity index is 2.43. The number of hydrogen-bond donors (Lipinski definition) is 1. The molecule has 0 bridgehead atoms. The van der Waals surface area contributed by atoms with Gasteiger partial charge < -0.3 is 9.47 Å². The van der Waals surface area contributed by atoms with Gasteiger partial charge >= 0.3 is 6.18 Å². The summed E-state index contributed by atoms with van der Waals surface area (Å²) in [5.41, 5.74) is -1.26. The van der Waals surface area contributed by atoms with E-state index in [2.05, 4.69) is 4.72 Å². The third kappa shape index (κ3) is 5.46. The van der Waals surface area contributed by atoms with Crippen LogP contribution in [-0.2, 0) is 20.9 Å². The Kier molecular flexibility index (Phi) is 6.68. The summed E-state index contributed by atoms with van der Waals surface area (Å²) in [5.74, 6) is -0.434. The second kappa shape index (κ2) is 8.61. The van der Waals surface area contributed by atoms with Crippen molar-refractivity contribution < 1.29 is 35.9 Å². The van der Waals surface area contributed by atoms with E-state index in [4.69, 9.17) is 9.47 Å². The lowest BCUT2D eigenvalue weighted by Gasteiger charge is -2.16. The highest BCUT2D eigenvalue weighted by atomic mass is 32.2. The third-order valence-corrected chi connectivity index (χ3v) is 5.01. The first kappa shape index (κ1) is 21.7. The number of ketones is 1. The summed E-state index contributed by atoms with van der Waals surface area (Å²) >= 11 is 0. The Morgan fingerprint density at radius 1 is 1.11 bits per heavy atom. The van der Waals surface area contributed by atoms with Crippen molar-refractivity contribution in [2.24, 2.45) is 0 Å². The van der Waals surface area contributed by atoms with Crippen LogP contribution in [0.2, 0.25) is 0 Å². The van der Waals surface area contributed by atoms with Crippen LogP contribution in [0.15, 0.2) is 47.4 Å². The van der Waals surface area contributed by atoms with Gasteiger partial charge in [0, 0.05) is 12.7 Å². The number of Topliss-reactive ketones (excluding diaryl/α,β-unsaturated/α-hetero) is 1. The number of sulfonamides is 1. The van der Waals surface area contributed by atoms with Gasteiger partial charge in [-0.1, -0.05) is 12.1 Å². The molecular weight excluding hydrogens is 399 g/mol. The van der Waals surface area contributed by atoms with Crippen LogP contribution in [0.4, 0.5) is 18.9 Å². The van der Waals surface area contributed by atoms with E-state index in [0.29, 0.717) is 6.07 Å². The Morgan fingerprint density at radius 3 is 2.43 bits per heavy atom. The smallest absolute Gasteiger partial charge is 0.416 e. The number of hydrogen-bond acceptors (Lipinski definition) is 5. The summed E-state index contributed by atoms with van der Waals surface area (Å²) in [6.07, 6.45) is -4.67. The molecule has 0 heterocycles. The van der Waals surface area contributed by atoms with Crippen LogP contribution in [-0.4, -0.2) is 34.5 Å². The quantitative estimate of drug-likeness (QED) is 0.523. The number of carbonyl (C=O) groups excluding carboxylic acids is 1. The summed E-state index contributed by atoms with van der Waals surface area (Å²) in [4.78, 5) is 11.2. The van der Waals surface area contributed by atoms with Crippen molar-refractivity contribution >= 4 is 21.5 Å². The Morgan fingerprint density at radius 2 is 1.82 bits per heavy atom. The first-order valence-electron chi connectivity index (χ1n) is 8.01. The summed E-state index contributed by atoms with van der Waals surface area (Å²) in [5, 5.41) is 0. The molecule has 2 aromatic carbocycles. The van der Waals surface area contributed by atoms with Crippen LogP contribution < -0.4 is 9.46 Å². The van der Waals surface area contributed by atoms with Crippen LogP contribution >= 0.6 is 0 Å². The van der Waals surface area contributed by atoms with E-state index < -0.39 is 21.8 Å². The van der Waals surface area contributed by atoms with Crippen LogP contribution in [0.3, 0.4) is 0 Å². The lowest BCUT2D eigenvalue weighted by molar-refractivity contribution is -0.137. The average molecular weight is 417 g/mol. The summed E-state index contributed by atoms with van der Waals surface area (Å²) in [6, 6.07) is 7.64. The predicted molar refractivity (Wildman–Crippen MR) is 96.1 cm³/mol. The lowest BCUT2D eigenvalue weighted by atomic mass is 10.2. The normalized spacial score (nSPS) is 11.9. The van der Waals surface area contributed by atoms with Crippen LogP contribution in [0.1, 0.15) is 22.8 Å². The third-order valence-electron chi connectivity index (χ3n) is 3.65. The van der Waals surface area contributed by atoms with Gasteiger partial charge in [0.1, 0.15) is 12.4 Å². The Hall–Kier alpha value is -2.59. The number of alkyl halides is 3. The van der Waals surface area contributed by atoms with Gasteiger partial charge in [-0.2, -0.15) is 13.2 Å². The standard InChI is InChI=1S/C18H18F3NO5S/c1-12(23)13-4-3-5-15(10-13)28(24,25)22-16-11-14(18(19,20)21)6-7-17(16)27-9-8-26-2/h3-7,10-11,22H,8-9H2,1-2H3. The van der Waals surface area contributed by atoms with E-state index >= 15 is 0 Å². The summed E-state index contributed by atoms with van der Waals surface area (Å²) < 4.78 is 76.6. The zero-order chi connectivity index (χ0) is 20.9. The second-order valence-electron chi connectivity index (χ2n) is 5.74. The van der Waals surface area contributed by atoms with Crippen molar-refractivity contribution in [2.45, 2.75) is 18.0 Å². The summed E-state index contributed by atoms with van der Waals surface area (Å²) in [7, 11) is -2.85. The van der Waals surface area contributed by atoms with Gasteiger partial charge in [0.15, 0.2) is 5.78 Å². The molecule has 1 N–H and O–H groups in total. The van der Waals surface area contributed by atoms with E-state index in [0.717, 1.165) is 18.2 Å². The van der Waals surface area contributed by atoms with E-state index in [-0.39, 0.29) is 40.9 Å². The van der Waals surface area contributed by atoms with Gasteiger partial charge in [0.2, 0.25) is 0 Å². The van der Waals surface area contributed by atoms with Crippen LogP contribution in [0.25, 0.3) is 0 Å². The van der Waals surface area contributed by atoms with Gasteiger partial charge in [-0.15, -0.1) is 0 Å². The number of methoxy groups -OCH3 is 1. The van der Waals surface area contributed by atoms with Gasteiger partial charge in [-0.05, 0) is 37.3 Å². The predicted octanol–water partition coefficient (Wildman–Crippen LogP) is 3.73. The molecule has 10 heteroatoms. The van der Waals surface area contributed by atoms with Gasteiger partial charge in [0.25, 0.3) is 10.0 Å². The highest BCUT2D eigenvalue weighted by Gasteiger charge is 2.32. The zero-order valence-corrected chi connectivity index (χ0v) is 15.9. The molecule has 0 aliphatic carbocycles. The molecule has 2 aromatic rings. The number of nitrogens with one attached hydrogen (secondary N) is 1. The first-order valence-corrected chi connectivity index (χ1v) is 9.49. The van der Waals surface area contributed by atoms with Crippen LogP contribution in [0, 0.1) is 0 Å². The number of ether oxygens (including phenoxy) is 2. The minimum Gasteiger partial charge on any atom is -0.489 e. The Labute approximate surface area is 160 Å². The van der Waals surface area contributed by atoms with Crippen LogP contribution in [0.5, 0.6) is 5.75 Å². The van der Waals surface area contributed by atoms with E-state index in [1.54, 1.807) is 0 Å². The molecular formula is C18H18F3NO5S. The average Bonchev–Trinajstić information content (AvgIpc) is 2.62. The van der Waals surface area contributed by atoms with Crippen molar-refractivity contribution in [3.05, 3.63) is 53.6 Å². The molecule has 0 aliphatic heterocycles. The van der Waals surface area contributed by atoms with Crippen molar-refractivity contribution in [1.82, 2.24) is 0 Å². The fourth-order valence-electron chi connectivity index (χ4n) is 2.23. The maximum Gasteiger partial charge on any atom is 0.416 e. The fraction of sp³-hybridized carbons (Fsp3) is 0.278. The number of anilines is 1. The lowest BCUT2D eigenvalue weighted by Crippen LogP contribution is -2.16. The SMILES string of the molecule is COCCOc1ccc(C(F)(F)F)cc1NS(=O)(=O)c1cccc(C(C)=O)c1. The topological polar surface area (TPSA) is 81.7 Å². The molecule has 0 aliphatic rings. The van der Waals surface area contributed by atoms with E-state index in [1.807, 2.05) is 0 Å². The first-order chi connectivity index (χ1) is 13.0. The molecule has 0 amide bonds. The number of rotatable bonds is 8. The molecule has 0 saturated carbocycles. The van der Waals surface area contributed by atoms with Crippen molar-refractivity contribution in [1.29, 1.82) is 0 Å². The highest BCUT2D eigenvalue weighted by Crippen LogP contribution is 2.36. The molecule has 2 rings (SSSR count). The minimum atomic E-state index is -4.67. The molecule has 0 radical (unpaired) electrons. The maximum atomic E-state index is 13.0. The van der Waals surface area contributed by atoms with E-state index in [1.165, 1.54) is 32.2 Å². The maximum absolute atomic E-state index is 13.0. The largest absolute Gasteiger partial charge is 0.489 e. The molecule has 0 atom stereocenters. The number of halogens is 3. The number of benzene rings is 2. The highest BCUT2D eigenvalue weighted by molar-refractivity contribution is 7.92. The van der Waals surface area contributed by atoms with Gasteiger partial charge in [-0.3, -0.25) is 9.52 Å². The second-order valence-corrected chi connectivity index (χ2v) is 7.42. The fourth-order valence-corrected chi connectivity index (χ4v) is 3.34. The molecule has 152 valence electrons. The molecule has 0 saturated heterocycles. The van der Waals surface area contributed by atoms with Gasteiger partial charge in [0.05, 0.1) is 22.8 Å². The Bertz CT molecular complexity index is 958. The molecule has 0 unspecified atom stereocenters. The molecule has 0 aromatic heterocycles. The zero-order valence-electron chi connectivity index (χ0n) is 15.0. The van der Waals surface area contributed by atoms with Crippen molar-refractivity contribution in [3.63, 3.8) is 0 Å². The van der Waals surface area contributed by atoms with E-state index in [9.17, 15) is 26.4 Å². The van der Waals surface area contributed by atoms with Gasteiger partial charge in [-0.25, -0.2) is 8.42 Å². The molecule has 0 spiro atoms. The minimum absolute atomic E-state index is 0.0103.